The predicted octanol–water partition coefficient (Wildman–Crippen LogP) is 3.31. The maximum absolute atomic E-state index is 12.3. The zero-order valence-corrected chi connectivity index (χ0v) is 13.2. The standard InChI is InChI=1S/C17H27NO2/c1-5-15(3)18(12-13-20-4)11-10-17(19)16-9-7-6-8-14(16)2/h6-9,15H,5,10-13H2,1-4H3. The van der Waals surface area contributed by atoms with Crippen molar-refractivity contribution >= 4 is 5.78 Å². The van der Waals surface area contributed by atoms with Gasteiger partial charge in [0, 0.05) is 38.2 Å². The lowest BCUT2D eigenvalue weighted by Crippen LogP contribution is -2.37. The van der Waals surface area contributed by atoms with Crippen LogP contribution in [0.2, 0.25) is 0 Å². The fourth-order valence-electron chi connectivity index (χ4n) is 2.28. The van der Waals surface area contributed by atoms with Gasteiger partial charge in [-0.15, -0.1) is 0 Å². The molecular formula is C17H27NO2. The first-order valence-corrected chi connectivity index (χ1v) is 7.42. The van der Waals surface area contributed by atoms with E-state index < -0.39 is 0 Å². The summed E-state index contributed by atoms with van der Waals surface area (Å²) in [5, 5.41) is 0. The average Bonchev–Trinajstić information content (AvgIpc) is 2.46. The highest BCUT2D eigenvalue weighted by Crippen LogP contribution is 2.11. The molecule has 0 saturated carbocycles. The normalized spacial score (nSPS) is 12.7. The first-order chi connectivity index (χ1) is 9.60. The first-order valence-electron chi connectivity index (χ1n) is 7.42. The summed E-state index contributed by atoms with van der Waals surface area (Å²) in [5.74, 6) is 0.230. The van der Waals surface area contributed by atoms with Gasteiger partial charge in [-0.2, -0.15) is 0 Å². The minimum atomic E-state index is 0.230. The van der Waals surface area contributed by atoms with Crippen LogP contribution in [0.15, 0.2) is 24.3 Å². The topological polar surface area (TPSA) is 29.5 Å². The molecule has 20 heavy (non-hydrogen) atoms. The molecule has 1 aromatic rings. The molecule has 1 aromatic carbocycles. The van der Waals surface area contributed by atoms with E-state index in [1.165, 1.54) is 0 Å². The summed E-state index contributed by atoms with van der Waals surface area (Å²) < 4.78 is 5.15. The summed E-state index contributed by atoms with van der Waals surface area (Å²) in [4.78, 5) is 14.6. The van der Waals surface area contributed by atoms with Crippen LogP contribution in [0, 0.1) is 6.92 Å². The Morgan fingerprint density at radius 1 is 1.30 bits per heavy atom. The van der Waals surface area contributed by atoms with Gasteiger partial charge < -0.3 is 4.74 Å². The summed E-state index contributed by atoms with van der Waals surface area (Å²) in [6.07, 6.45) is 1.65. The number of nitrogens with zero attached hydrogens (tertiary/aromatic N) is 1. The molecule has 0 N–H and O–H groups in total. The van der Waals surface area contributed by atoms with Gasteiger partial charge in [0.2, 0.25) is 0 Å². The lowest BCUT2D eigenvalue weighted by Gasteiger charge is -2.27. The van der Waals surface area contributed by atoms with E-state index in [1.807, 2.05) is 31.2 Å². The lowest BCUT2D eigenvalue weighted by atomic mass is 10.0. The van der Waals surface area contributed by atoms with Crippen LogP contribution in [0.5, 0.6) is 0 Å². The van der Waals surface area contributed by atoms with Gasteiger partial charge in [-0.1, -0.05) is 31.2 Å². The molecule has 3 nitrogen and oxygen atoms in total. The molecule has 112 valence electrons. The number of rotatable bonds is 9. The van der Waals surface area contributed by atoms with E-state index in [0.717, 1.165) is 30.6 Å². The molecule has 0 spiro atoms. The smallest absolute Gasteiger partial charge is 0.164 e. The number of carbonyl (C=O) groups is 1. The van der Waals surface area contributed by atoms with Crippen molar-refractivity contribution in [1.82, 2.24) is 4.90 Å². The van der Waals surface area contributed by atoms with Crippen LogP contribution in [0.25, 0.3) is 0 Å². The number of Topliss-reactive ketones (excluding diaryl/α,β-unsaturated/α-hetero) is 1. The van der Waals surface area contributed by atoms with E-state index in [-0.39, 0.29) is 5.78 Å². The molecular weight excluding hydrogens is 250 g/mol. The van der Waals surface area contributed by atoms with Crippen LogP contribution in [0.1, 0.15) is 42.6 Å². The molecule has 0 aliphatic rings. The zero-order chi connectivity index (χ0) is 15.0. The van der Waals surface area contributed by atoms with Crippen LogP contribution in [-0.4, -0.2) is 43.5 Å². The Balaban J connectivity index is 2.58. The predicted molar refractivity (Wildman–Crippen MR) is 83.3 cm³/mol. The largest absolute Gasteiger partial charge is 0.383 e. The SMILES string of the molecule is CCC(C)N(CCOC)CCC(=O)c1ccccc1C. The second-order valence-electron chi connectivity index (χ2n) is 5.27. The zero-order valence-electron chi connectivity index (χ0n) is 13.2. The Labute approximate surface area is 122 Å². The number of ketones is 1. The number of benzene rings is 1. The van der Waals surface area contributed by atoms with E-state index in [4.69, 9.17) is 4.74 Å². The molecule has 0 radical (unpaired) electrons. The maximum atomic E-state index is 12.3. The van der Waals surface area contributed by atoms with Crippen LogP contribution in [0.4, 0.5) is 0 Å². The van der Waals surface area contributed by atoms with Crippen LogP contribution in [0.3, 0.4) is 0 Å². The molecule has 3 heteroatoms. The number of methoxy groups -OCH3 is 1. The molecule has 0 fully saturated rings. The number of aryl methyl sites for hydroxylation is 1. The Hall–Kier alpha value is -1.19. The number of hydrogen-bond acceptors (Lipinski definition) is 3. The molecule has 0 aliphatic heterocycles. The first kappa shape index (κ1) is 16.9. The van der Waals surface area contributed by atoms with E-state index in [0.29, 0.717) is 19.1 Å². The van der Waals surface area contributed by atoms with Crippen molar-refractivity contribution in [3.8, 4) is 0 Å². The molecule has 1 unspecified atom stereocenters. The second-order valence-corrected chi connectivity index (χ2v) is 5.27. The van der Waals surface area contributed by atoms with Crippen LogP contribution >= 0.6 is 0 Å². The third kappa shape index (κ3) is 5.06. The van der Waals surface area contributed by atoms with E-state index >= 15 is 0 Å². The van der Waals surface area contributed by atoms with Gasteiger partial charge in [0.1, 0.15) is 0 Å². The van der Waals surface area contributed by atoms with Gasteiger partial charge >= 0.3 is 0 Å². The van der Waals surface area contributed by atoms with E-state index in [1.54, 1.807) is 7.11 Å². The lowest BCUT2D eigenvalue weighted by molar-refractivity contribution is 0.0915. The average molecular weight is 277 g/mol. The summed E-state index contributed by atoms with van der Waals surface area (Å²) in [5.41, 5.74) is 1.91. The summed E-state index contributed by atoms with van der Waals surface area (Å²) >= 11 is 0. The van der Waals surface area contributed by atoms with Crippen LogP contribution < -0.4 is 0 Å². The minimum absolute atomic E-state index is 0.230. The second kappa shape index (κ2) is 8.88. The van der Waals surface area contributed by atoms with Crippen molar-refractivity contribution in [3.05, 3.63) is 35.4 Å². The van der Waals surface area contributed by atoms with Crippen molar-refractivity contribution in [3.63, 3.8) is 0 Å². The van der Waals surface area contributed by atoms with Crippen molar-refractivity contribution < 1.29 is 9.53 Å². The van der Waals surface area contributed by atoms with Gasteiger partial charge in [-0.3, -0.25) is 9.69 Å². The van der Waals surface area contributed by atoms with E-state index in [9.17, 15) is 4.79 Å². The van der Waals surface area contributed by atoms with Gasteiger partial charge in [0.05, 0.1) is 6.61 Å². The number of hydrogen-bond donors (Lipinski definition) is 0. The summed E-state index contributed by atoms with van der Waals surface area (Å²) in [6, 6.07) is 8.29. The molecule has 1 rings (SSSR count). The Morgan fingerprint density at radius 3 is 2.60 bits per heavy atom. The summed E-state index contributed by atoms with van der Waals surface area (Å²) in [7, 11) is 1.72. The van der Waals surface area contributed by atoms with Crippen molar-refractivity contribution in [2.75, 3.05) is 26.8 Å². The molecule has 0 saturated heterocycles. The number of ether oxygens (including phenoxy) is 1. The quantitative estimate of drug-likeness (QED) is 0.649. The molecule has 0 amide bonds. The van der Waals surface area contributed by atoms with E-state index in [2.05, 4.69) is 18.7 Å². The van der Waals surface area contributed by atoms with Crippen LogP contribution in [-0.2, 0) is 4.74 Å². The molecule has 1 atom stereocenters. The van der Waals surface area contributed by atoms with Gasteiger partial charge in [-0.25, -0.2) is 0 Å². The fourth-order valence-corrected chi connectivity index (χ4v) is 2.28. The number of carbonyl (C=O) groups excluding carboxylic acids is 1. The molecule has 0 aliphatic carbocycles. The summed E-state index contributed by atoms with van der Waals surface area (Å²) in [6.45, 7) is 8.76. The fraction of sp³-hybridized carbons (Fsp3) is 0.588. The monoisotopic (exact) mass is 277 g/mol. The van der Waals surface area contributed by atoms with Gasteiger partial charge in [-0.05, 0) is 25.8 Å². The molecule has 0 bridgehead atoms. The highest BCUT2D eigenvalue weighted by molar-refractivity contribution is 5.97. The maximum Gasteiger partial charge on any atom is 0.164 e. The highest BCUT2D eigenvalue weighted by Gasteiger charge is 2.15. The van der Waals surface area contributed by atoms with Gasteiger partial charge in [0.25, 0.3) is 0 Å². The Kier molecular flexibility index (Phi) is 7.48. The highest BCUT2D eigenvalue weighted by atomic mass is 16.5. The van der Waals surface area contributed by atoms with Crippen molar-refractivity contribution in [2.45, 2.75) is 39.7 Å². The Morgan fingerprint density at radius 2 is 2.00 bits per heavy atom. The Bertz CT molecular complexity index is 417. The third-order valence-corrected chi connectivity index (χ3v) is 3.87. The molecule has 0 heterocycles. The van der Waals surface area contributed by atoms with Gasteiger partial charge in [0.15, 0.2) is 5.78 Å². The third-order valence-electron chi connectivity index (χ3n) is 3.87. The van der Waals surface area contributed by atoms with Crippen molar-refractivity contribution in [2.24, 2.45) is 0 Å². The van der Waals surface area contributed by atoms with Crippen molar-refractivity contribution in [1.29, 1.82) is 0 Å². The minimum Gasteiger partial charge on any atom is -0.383 e. The molecule has 0 aromatic heterocycles.